The van der Waals surface area contributed by atoms with Gasteiger partial charge in [-0.2, -0.15) is 0 Å². The molecule has 0 aliphatic rings. The van der Waals surface area contributed by atoms with E-state index >= 15 is 0 Å². The van der Waals surface area contributed by atoms with E-state index in [-0.39, 0.29) is 0 Å². The summed E-state index contributed by atoms with van der Waals surface area (Å²) < 4.78 is 11.0. The minimum Gasteiger partial charge on any atom is -0.0622 e. The maximum absolute atomic E-state index is 11.0. The number of rotatable bonds is 4. The van der Waals surface area contributed by atoms with Crippen molar-refractivity contribution in [3.8, 4) is 22.3 Å². The molecule has 0 saturated carbocycles. The summed E-state index contributed by atoms with van der Waals surface area (Å²) >= 11 is 0.617. The zero-order valence-electron chi connectivity index (χ0n) is 11.5. The number of hydrogen-bond donors (Lipinski definition) is 0. The molecule has 0 N–H and O–H groups in total. The molecule has 3 aromatic rings. The van der Waals surface area contributed by atoms with Gasteiger partial charge in [-0.05, 0) is 22.3 Å². The molecule has 0 aliphatic heterocycles. The van der Waals surface area contributed by atoms with Gasteiger partial charge in [0.1, 0.15) is 0 Å². The highest BCUT2D eigenvalue weighted by atomic mass is 32.1. The van der Waals surface area contributed by atoms with Crippen molar-refractivity contribution in [1.82, 2.24) is 0 Å². The molecule has 2 heteroatoms. The molecule has 0 saturated heterocycles. The van der Waals surface area contributed by atoms with Gasteiger partial charge in [0.15, 0.2) is 0 Å². The molecule has 0 heterocycles. The summed E-state index contributed by atoms with van der Waals surface area (Å²) in [5.74, 6) is 0.477. The predicted octanol–water partition coefficient (Wildman–Crippen LogP) is 4.95. The quantitative estimate of drug-likeness (QED) is 0.622. The number of benzene rings is 3. The lowest BCUT2D eigenvalue weighted by Crippen LogP contribution is -1.93. The Bertz CT molecular complexity index is 736. The Labute approximate surface area is 128 Å². The van der Waals surface area contributed by atoms with Crippen molar-refractivity contribution in [3.63, 3.8) is 0 Å². The van der Waals surface area contributed by atoms with Gasteiger partial charge in [-0.15, -0.1) is 0 Å². The summed E-state index contributed by atoms with van der Waals surface area (Å²) in [4.78, 5) is 0. The third kappa shape index (κ3) is 2.91. The lowest BCUT2D eigenvalue weighted by Gasteiger charge is -2.12. The first-order chi connectivity index (χ1) is 10.4. The van der Waals surface area contributed by atoms with Crippen LogP contribution in [-0.2, 0) is 21.6 Å². The van der Waals surface area contributed by atoms with Crippen LogP contribution in [0.4, 0.5) is 0 Å². The van der Waals surface area contributed by atoms with E-state index in [4.69, 9.17) is 0 Å². The number of hydrogen-bond acceptors (Lipinski definition) is 1. The zero-order chi connectivity index (χ0) is 14.5. The predicted molar refractivity (Wildman–Crippen MR) is 89.1 cm³/mol. The normalized spacial score (nSPS) is 10.3. The lowest BCUT2D eigenvalue weighted by atomic mass is 9.91. The minimum absolute atomic E-state index is 0.477. The van der Waals surface area contributed by atoms with Crippen LogP contribution in [0.1, 0.15) is 5.56 Å². The van der Waals surface area contributed by atoms with E-state index in [2.05, 4.69) is 30.3 Å². The summed E-state index contributed by atoms with van der Waals surface area (Å²) in [6.07, 6.45) is 0. The van der Waals surface area contributed by atoms with Gasteiger partial charge in [0.25, 0.3) is 5.75 Å². The van der Waals surface area contributed by atoms with Gasteiger partial charge in [-0.3, -0.25) is 0 Å². The highest BCUT2D eigenvalue weighted by Gasteiger charge is 2.15. The van der Waals surface area contributed by atoms with E-state index in [9.17, 15) is 4.21 Å². The van der Waals surface area contributed by atoms with Crippen molar-refractivity contribution < 1.29 is 4.21 Å². The second kappa shape index (κ2) is 6.42. The summed E-state index contributed by atoms with van der Waals surface area (Å²) in [7, 11) is 0. The molecule has 0 bridgehead atoms. The first kappa shape index (κ1) is 13.7. The van der Waals surface area contributed by atoms with E-state index < -0.39 is 0 Å². The van der Waals surface area contributed by atoms with Crippen molar-refractivity contribution in [1.29, 1.82) is 0 Å². The third-order valence-corrected chi connectivity index (χ3v) is 3.94. The molecule has 0 unspecified atom stereocenters. The van der Waals surface area contributed by atoms with Crippen molar-refractivity contribution in [3.05, 3.63) is 84.4 Å². The van der Waals surface area contributed by atoms with Crippen LogP contribution in [0.3, 0.4) is 0 Å². The molecule has 0 fully saturated rings. The Morgan fingerprint density at radius 3 is 1.90 bits per heavy atom. The van der Waals surface area contributed by atoms with Gasteiger partial charge >= 0.3 is 11.7 Å². The Morgan fingerprint density at radius 1 is 0.667 bits per heavy atom. The summed E-state index contributed by atoms with van der Waals surface area (Å²) in [5, 5.41) is 0. The monoisotopic (exact) mass is 291 g/mol. The minimum atomic E-state index is 0.477. The largest absolute Gasteiger partial charge is 0.463 e. The highest BCUT2D eigenvalue weighted by Crippen LogP contribution is 2.35. The van der Waals surface area contributed by atoms with Crippen LogP contribution in [0.2, 0.25) is 0 Å². The summed E-state index contributed by atoms with van der Waals surface area (Å²) in [6, 6.07) is 26.8. The Morgan fingerprint density at radius 2 is 1.29 bits per heavy atom. The van der Waals surface area contributed by atoms with Crippen LogP contribution < -0.4 is 0 Å². The molecule has 0 spiro atoms. The van der Waals surface area contributed by atoms with E-state index in [1.165, 1.54) is 11.1 Å². The topological polar surface area (TPSA) is 17.1 Å². The summed E-state index contributed by atoms with van der Waals surface area (Å²) in [5.41, 5.74) is 5.75. The first-order valence-electron chi connectivity index (χ1n) is 6.87. The van der Waals surface area contributed by atoms with Crippen LogP contribution in [-0.4, -0.2) is 0 Å². The molecular weight excluding hydrogens is 276 g/mol. The fraction of sp³-hybridized carbons (Fsp3) is 0.0526. The van der Waals surface area contributed by atoms with Crippen molar-refractivity contribution >= 4 is 11.7 Å². The molecule has 0 aliphatic carbocycles. The molecule has 1 nitrogen and oxygen atoms in total. The highest BCUT2D eigenvalue weighted by molar-refractivity contribution is 7.64. The smallest absolute Gasteiger partial charge is 0.0622 e. The van der Waals surface area contributed by atoms with E-state index in [0.717, 1.165) is 16.7 Å². The van der Waals surface area contributed by atoms with Crippen LogP contribution in [0.25, 0.3) is 22.3 Å². The second-order valence-corrected chi connectivity index (χ2v) is 5.36. The van der Waals surface area contributed by atoms with Gasteiger partial charge in [0, 0.05) is 9.77 Å². The van der Waals surface area contributed by atoms with Crippen LogP contribution in [0.5, 0.6) is 0 Å². The van der Waals surface area contributed by atoms with Gasteiger partial charge in [0.05, 0.1) is 0 Å². The molecule has 102 valence electrons. The Hall–Kier alpha value is -2.32. The van der Waals surface area contributed by atoms with Crippen LogP contribution in [0.15, 0.2) is 78.9 Å². The second-order valence-electron chi connectivity index (χ2n) is 4.83. The van der Waals surface area contributed by atoms with Crippen LogP contribution in [0, 0.1) is 0 Å². The standard InChI is InChI=1S/C19H15OS/c20-21-14-17-12-7-13-18(15-8-3-1-4-9-15)19(17)16-10-5-2-6-11-16/h1-13H,14H2/q+1. The molecular formula is C19H15OS+. The first-order valence-corrected chi connectivity index (χ1v) is 7.78. The summed E-state index contributed by atoms with van der Waals surface area (Å²) in [6.45, 7) is 0. The molecule has 0 atom stereocenters. The molecule has 3 rings (SSSR count). The van der Waals surface area contributed by atoms with Gasteiger partial charge in [0.2, 0.25) is 0 Å². The van der Waals surface area contributed by atoms with E-state index in [1.54, 1.807) is 0 Å². The SMILES string of the molecule is O=[S+]Cc1cccc(-c2ccccc2)c1-c1ccccc1. The van der Waals surface area contributed by atoms with E-state index in [0.29, 0.717) is 17.4 Å². The van der Waals surface area contributed by atoms with E-state index in [1.807, 2.05) is 48.5 Å². The molecule has 3 aromatic carbocycles. The molecule has 0 amide bonds. The average Bonchev–Trinajstić information content (AvgIpc) is 2.56. The van der Waals surface area contributed by atoms with Crippen LogP contribution >= 0.6 is 0 Å². The fourth-order valence-corrected chi connectivity index (χ4v) is 2.96. The van der Waals surface area contributed by atoms with Crippen molar-refractivity contribution in [2.45, 2.75) is 5.75 Å². The molecule has 0 aromatic heterocycles. The Balaban J connectivity index is 2.25. The van der Waals surface area contributed by atoms with Crippen molar-refractivity contribution in [2.75, 3.05) is 0 Å². The Kier molecular flexibility index (Phi) is 4.17. The fourth-order valence-electron chi connectivity index (χ4n) is 2.59. The average molecular weight is 291 g/mol. The van der Waals surface area contributed by atoms with Gasteiger partial charge in [-0.25, -0.2) is 0 Å². The van der Waals surface area contributed by atoms with Gasteiger partial charge < -0.3 is 0 Å². The van der Waals surface area contributed by atoms with Crippen molar-refractivity contribution in [2.24, 2.45) is 0 Å². The zero-order valence-corrected chi connectivity index (χ0v) is 12.3. The lowest BCUT2D eigenvalue weighted by molar-refractivity contribution is 0.604. The third-order valence-electron chi connectivity index (χ3n) is 3.51. The maximum Gasteiger partial charge on any atom is 0.463 e. The molecule has 0 radical (unpaired) electrons. The van der Waals surface area contributed by atoms with Gasteiger partial charge in [-0.1, -0.05) is 78.9 Å². The maximum atomic E-state index is 11.0. The molecule has 21 heavy (non-hydrogen) atoms.